The van der Waals surface area contributed by atoms with Gasteiger partial charge in [-0.15, -0.1) is 0 Å². The predicted octanol–water partition coefficient (Wildman–Crippen LogP) is 3.39. The lowest BCUT2D eigenvalue weighted by atomic mass is 10.2. The van der Waals surface area contributed by atoms with Crippen molar-refractivity contribution in [2.45, 2.75) is 11.4 Å². The van der Waals surface area contributed by atoms with Crippen LogP contribution in [0.2, 0.25) is 10.0 Å². The van der Waals surface area contributed by atoms with Crippen molar-refractivity contribution >= 4 is 38.9 Å². The molecule has 0 saturated heterocycles. The summed E-state index contributed by atoms with van der Waals surface area (Å²) in [6.45, 7) is 0.299. The Kier molecular flexibility index (Phi) is 4.73. The highest BCUT2D eigenvalue weighted by molar-refractivity contribution is 7.89. The SMILES string of the molecule is NS(=O)(=O)c1ccc(Cl)c(NCc2ccc(F)c(Cl)c2)c1. The minimum absolute atomic E-state index is 0.0127. The molecule has 0 aliphatic rings. The van der Waals surface area contributed by atoms with Crippen molar-refractivity contribution in [1.82, 2.24) is 0 Å². The van der Waals surface area contributed by atoms with Crippen molar-refractivity contribution < 1.29 is 12.8 Å². The Morgan fingerprint density at radius 3 is 2.43 bits per heavy atom. The molecule has 4 nitrogen and oxygen atoms in total. The van der Waals surface area contributed by atoms with Crippen LogP contribution in [0.3, 0.4) is 0 Å². The highest BCUT2D eigenvalue weighted by Crippen LogP contribution is 2.25. The summed E-state index contributed by atoms with van der Waals surface area (Å²) in [5.41, 5.74) is 1.13. The van der Waals surface area contributed by atoms with Crippen molar-refractivity contribution in [2.75, 3.05) is 5.32 Å². The summed E-state index contributed by atoms with van der Waals surface area (Å²) >= 11 is 11.7. The Bertz CT molecular complexity index is 782. The van der Waals surface area contributed by atoms with E-state index < -0.39 is 15.8 Å². The molecule has 2 aromatic rings. The molecule has 0 atom stereocenters. The molecule has 0 amide bonds. The molecule has 0 spiro atoms. The zero-order valence-electron chi connectivity index (χ0n) is 10.6. The number of nitrogens with two attached hydrogens (primary N) is 1. The fraction of sp³-hybridized carbons (Fsp3) is 0.0769. The molecule has 112 valence electrons. The second-order valence-corrected chi connectivity index (χ2v) is 6.66. The van der Waals surface area contributed by atoms with Gasteiger partial charge in [0.2, 0.25) is 10.0 Å². The molecule has 8 heteroatoms. The molecular formula is C13H11Cl2FN2O2S. The molecule has 0 radical (unpaired) electrons. The number of hydrogen-bond acceptors (Lipinski definition) is 3. The maximum Gasteiger partial charge on any atom is 0.238 e. The average molecular weight is 349 g/mol. The standard InChI is InChI=1S/C13H11Cl2FN2O2S/c14-10-3-2-9(21(17,19)20)6-13(10)18-7-8-1-4-12(16)11(15)5-8/h1-6,18H,7H2,(H2,17,19,20). The van der Waals surface area contributed by atoms with Crippen molar-refractivity contribution in [3.05, 3.63) is 57.8 Å². The van der Waals surface area contributed by atoms with Crippen LogP contribution in [0.1, 0.15) is 5.56 Å². The lowest BCUT2D eigenvalue weighted by Gasteiger charge is -2.10. The molecule has 0 aliphatic carbocycles. The molecule has 2 aromatic carbocycles. The summed E-state index contributed by atoms with van der Waals surface area (Å²) in [4.78, 5) is -0.0495. The molecule has 0 aromatic heterocycles. The number of benzene rings is 2. The number of anilines is 1. The van der Waals surface area contributed by atoms with Gasteiger partial charge in [-0.2, -0.15) is 0 Å². The molecule has 0 aliphatic heterocycles. The summed E-state index contributed by atoms with van der Waals surface area (Å²) in [6.07, 6.45) is 0. The van der Waals surface area contributed by atoms with E-state index in [2.05, 4.69) is 5.32 Å². The number of primary sulfonamides is 1. The van der Waals surface area contributed by atoms with Gasteiger partial charge in [-0.1, -0.05) is 29.3 Å². The zero-order valence-corrected chi connectivity index (χ0v) is 12.9. The van der Waals surface area contributed by atoms with Crippen molar-refractivity contribution in [3.63, 3.8) is 0 Å². The van der Waals surface area contributed by atoms with Gasteiger partial charge in [0, 0.05) is 6.54 Å². The third-order valence-corrected chi connectivity index (χ3v) is 4.26. The first-order chi connectivity index (χ1) is 9.77. The molecule has 0 fully saturated rings. The van der Waals surface area contributed by atoms with Crippen LogP contribution in [0.5, 0.6) is 0 Å². The normalized spacial score (nSPS) is 11.4. The third kappa shape index (κ3) is 4.07. The fourth-order valence-corrected chi connectivity index (χ4v) is 2.59. The first kappa shape index (κ1) is 16.0. The minimum Gasteiger partial charge on any atom is -0.380 e. The highest BCUT2D eigenvalue weighted by atomic mass is 35.5. The van der Waals surface area contributed by atoms with Crippen molar-refractivity contribution in [1.29, 1.82) is 0 Å². The minimum atomic E-state index is -3.81. The van der Waals surface area contributed by atoms with Gasteiger partial charge in [0.25, 0.3) is 0 Å². The van der Waals surface area contributed by atoms with E-state index in [1.807, 2.05) is 0 Å². The monoisotopic (exact) mass is 348 g/mol. The van der Waals surface area contributed by atoms with E-state index in [1.165, 1.54) is 30.3 Å². The van der Waals surface area contributed by atoms with Gasteiger partial charge in [-0.25, -0.2) is 17.9 Å². The van der Waals surface area contributed by atoms with E-state index in [1.54, 1.807) is 6.07 Å². The van der Waals surface area contributed by atoms with Crippen LogP contribution in [-0.4, -0.2) is 8.42 Å². The quantitative estimate of drug-likeness (QED) is 0.889. The summed E-state index contributed by atoms with van der Waals surface area (Å²) in [5, 5.41) is 8.37. The number of nitrogens with one attached hydrogen (secondary N) is 1. The van der Waals surface area contributed by atoms with Crippen LogP contribution in [0, 0.1) is 5.82 Å². The van der Waals surface area contributed by atoms with Gasteiger partial charge in [-0.05, 0) is 35.9 Å². The van der Waals surface area contributed by atoms with Crippen LogP contribution >= 0.6 is 23.2 Å². The van der Waals surface area contributed by atoms with Gasteiger partial charge in [0.1, 0.15) is 5.82 Å². The van der Waals surface area contributed by atoms with Crippen LogP contribution in [0.15, 0.2) is 41.3 Å². The second kappa shape index (κ2) is 6.19. The van der Waals surface area contributed by atoms with Gasteiger partial charge < -0.3 is 5.32 Å². The van der Waals surface area contributed by atoms with E-state index >= 15 is 0 Å². The number of rotatable bonds is 4. The Hall–Kier alpha value is -1.34. The average Bonchev–Trinajstić information content (AvgIpc) is 2.40. The van der Waals surface area contributed by atoms with E-state index in [9.17, 15) is 12.8 Å². The van der Waals surface area contributed by atoms with Gasteiger partial charge in [-0.3, -0.25) is 0 Å². The molecule has 21 heavy (non-hydrogen) atoms. The Morgan fingerprint density at radius 2 is 1.81 bits per heavy atom. The first-order valence-electron chi connectivity index (χ1n) is 5.77. The molecule has 0 saturated carbocycles. The number of halogens is 3. The summed E-state index contributed by atoms with van der Waals surface area (Å²) < 4.78 is 35.7. The van der Waals surface area contributed by atoms with Crippen LogP contribution in [0.4, 0.5) is 10.1 Å². The van der Waals surface area contributed by atoms with Crippen molar-refractivity contribution in [3.8, 4) is 0 Å². The second-order valence-electron chi connectivity index (χ2n) is 4.29. The van der Waals surface area contributed by atoms with E-state index in [0.717, 1.165) is 5.56 Å². The smallest absolute Gasteiger partial charge is 0.238 e. The maximum absolute atomic E-state index is 13.1. The highest BCUT2D eigenvalue weighted by Gasteiger charge is 2.11. The van der Waals surface area contributed by atoms with E-state index in [-0.39, 0.29) is 9.92 Å². The predicted molar refractivity (Wildman–Crippen MR) is 81.6 cm³/mol. The van der Waals surface area contributed by atoms with Crippen LogP contribution in [0.25, 0.3) is 0 Å². The topological polar surface area (TPSA) is 72.2 Å². The Labute approximate surface area is 131 Å². The summed E-state index contributed by atoms with van der Waals surface area (Å²) in [6, 6.07) is 8.37. The molecule has 3 N–H and O–H groups in total. The summed E-state index contributed by atoms with van der Waals surface area (Å²) in [5.74, 6) is -0.505. The van der Waals surface area contributed by atoms with E-state index in [0.29, 0.717) is 17.3 Å². The maximum atomic E-state index is 13.1. The van der Waals surface area contributed by atoms with Crippen LogP contribution in [-0.2, 0) is 16.6 Å². The Morgan fingerprint density at radius 1 is 1.10 bits per heavy atom. The molecule has 0 unspecified atom stereocenters. The van der Waals surface area contributed by atoms with Gasteiger partial charge in [0.15, 0.2) is 0 Å². The van der Waals surface area contributed by atoms with Crippen LogP contribution < -0.4 is 10.5 Å². The lowest BCUT2D eigenvalue weighted by Crippen LogP contribution is -2.12. The zero-order chi connectivity index (χ0) is 15.6. The largest absolute Gasteiger partial charge is 0.380 e. The third-order valence-electron chi connectivity index (χ3n) is 2.73. The number of sulfonamides is 1. The van der Waals surface area contributed by atoms with Crippen molar-refractivity contribution in [2.24, 2.45) is 5.14 Å². The Balaban J connectivity index is 2.21. The fourth-order valence-electron chi connectivity index (χ4n) is 1.66. The number of hydrogen-bond donors (Lipinski definition) is 2. The molecular weight excluding hydrogens is 338 g/mol. The van der Waals surface area contributed by atoms with Gasteiger partial charge in [0.05, 0.1) is 20.6 Å². The van der Waals surface area contributed by atoms with E-state index in [4.69, 9.17) is 28.3 Å². The lowest BCUT2D eigenvalue weighted by molar-refractivity contribution is 0.598. The summed E-state index contributed by atoms with van der Waals surface area (Å²) in [7, 11) is -3.81. The molecule has 0 bridgehead atoms. The molecule has 0 heterocycles. The molecule has 2 rings (SSSR count). The van der Waals surface area contributed by atoms with Gasteiger partial charge >= 0.3 is 0 Å². The first-order valence-corrected chi connectivity index (χ1v) is 8.08.